The number of hydrogen-bond acceptors (Lipinski definition) is 6. The molecule has 0 amide bonds. The van der Waals surface area contributed by atoms with E-state index in [1.54, 1.807) is 0 Å². The molecule has 2 heterocycles. The molecule has 1 atom stereocenters. The Bertz CT molecular complexity index is 515. The number of piperidine rings is 1. The summed E-state index contributed by atoms with van der Waals surface area (Å²) < 4.78 is 28.9. The number of anilines is 1. The van der Waals surface area contributed by atoms with Gasteiger partial charge in [0, 0.05) is 30.7 Å². The van der Waals surface area contributed by atoms with Gasteiger partial charge in [0.2, 0.25) is 15.2 Å². The van der Waals surface area contributed by atoms with Crippen molar-refractivity contribution < 1.29 is 8.42 Å². The van der Waals surface area contributed by atoms with Crippen molar-refractivity contribution in [2.75, 3.05) is 24.2 Å². The molecule has 0 aromatic carbocycles. The van der Waals surface area contributed by atoms with Crippen LogP contribution in [0.5, 0.6) is 0 Å². The number of nitrogens with one attached hydrogen (secondary N) is 1. The number of aryl methyl sites for hydroxylation is 1. The summed E-state index contributed by atoms with van der Waals surface area (Å²) in [7, 11) is -3.10. The van der Waals surface area contributed by atoms with Gasteiger partial charge in [-0.25, -0.2) is 18.1 Å². The maximum absolute atomic E-state index is 11.1. The molecular formula is C11H20N4O2S2. The average molecular weight is 304 g/mol. The van der Waals surface area contributed by atoms with Crippen LogP contribution in [0.4, 0.5) is 5.13 Å². The van der Waals surface area contributed by atoms with E-state index in [0.29, 0.717) is 12.6 Å². The van der Waals surface area contributed by atoms with Crippen molar-refractivity contribution in [2.45, 2.75) is 38.6 Å². The van der Waals surface area contributed by atoms with Gasteiger partial charge in [-0.3, -0.25) is 0 Å². The Kier molecular flexibility index (Phi) is 4.75. The van der Waals surface area contributed by atoms with Gasteiger partial charge in [0.05, 0.1) is 6.26 Å². The Balaban J connectivity index is 1.96. The summed E-state index contributed by atoms with van der Waals surface area (Å²) in [6.07, 6.45) is 5.45. The van der Waals surface area contributed by atoms with E-state index in [-0.39, 0.29) is 0 Å². The third-order valence-corrected chi connectivity index (χ3v) is 4.80. The van der Waals surface area contributed by atoms with Gasteiger partial charge in [-0.15, -0.1) is 0 Å². The van der Waals surface area contributed by atoms with Crippen LogP contribution in [-0.4, -0.2) is 43.2 Å². The average Bonchev–Trinajstić information content (AvgIpc) is 2.75. The number of sulfonamides is 1. The maximum atomic E-state index is 11.1. The summed E-state index contributed by atoms with van der Waals surface area (Å²) >= 11 is 1.42. The number of nitrogens with zero attached hydrogens (tertiary/aromatic N) is 3. The van der Waals surface area contributed by atoms with Crippen LogP contribution in [0.1, 0.15) is 31.5 Å². The van der Waals surface area contributed by atoms with Crippen LogP contribution in [0.2, 0.25) is 0 Å². The predicted molar refractivity (Wildman–Crippen MR) is 77.1 cm³/mol. The first-order chi connectivity index (χ1) is 8.96. The highest BCUT2D eigenvalue weighted by atomic mass is 32.2. The first-order valence-electron chi connectivity index (χ1n) is 6.47. The fourth-order valence-electron chi connectivity index (χ4n) is 2.37. The molecule has 0 spiro atoms. The second-order valence-electron chi connectivity index (χ2n) is 4.92. The molecule has 1 unspecified atom stereocenters. The zero-order chi connectivity index (χ0) is 13.9. The summed E-state index contributed by atoms with van der Waals surface area (Å²) in [5.74, 6) is 0.804. The van der Waals surface area contributed by atoms with Gasteiger partial charge in [0.15, 0.2) is 0 Å². The quantitative estimate of drug-likeness (QED) is 0.883. The summed E-state index contributed by atoms with van der Waals surface area (Å²) in [5.41, 5.74) is 0. The Morgan fingerprint density at radius 2 is 2.26 bits per heavy atom. The fraction of sp³-hybridized carbons (Fsp3) is 0.818. The van der Waals surface area contributed by atoms with Gasteiger partial charge < -0.3 is 4.90 Å². The van der Waals surface area contributed by atoms with E-state index in [2.05, 4.69) is 19.0 Å². The molecule has 0 saturated carbocycles. The molecule has 1 N–H and O–H groups in total. The molecule has 1 saturated heterocycles. The molecule has 0 radical (unpaired) electrons. The third-order valence-electron chi connectivity index (χ3n) is 3.23. The molecular weight excluding hydrogens is 284 g/mol. The van der Waals surface area contributed by atoms with Crippen molar-refractivity contribution in [1.82, 2.24) is 14.1 Å². The summed E-state index contributed by atoms with van der Waals surface area (Å²) in [5, 5.41) is 0.960. The lowest BCUT2D eigenvalue weighted by Gasteiger charge is -2.35. The van der Waals surface area contributed by atoms with Crippen LogP contribution in [0.25, 0.3) is 0 Å². The minimum Gasteiger partial charge on any atom is -0.344 e. The van der Waals surface area contributed by atoms with E-state index in [9.17, 15) is 8.42 Å². The van der Waals surface area contributed by atoms with Gasteiger partial charge in [-0.1, -0.05) is 0 Å². The summed E-state index contributed by atoms with van der Waals surface area (Å²) in [6, 6.07) is 0.357. The Hall–Kier alpha value is -0.730. The first-order valence-corrected chi connectivity index (χ1v) is 9.14. The Morgan fingerprint density at radius 3 is 2.89 bits per heavy atom. The minimum absolute atomic E-state index is 0.357. The molecule has 1 aromatic heterocycles. The normalized spacial score (nSPS) is 20.7. The standard InChI is InChI=1S/C11H20N4O2S2/c1-9-13-11(18-14-9)15-8-4-3-5-10(15)6-7-12-19(2,16)17/h10,12H,3-8H2,1-2H3. The lowest BCUT2D eigenvalue weighted by atomic mass is 10.0. The number of rotatable bonds is 5. The van der Waals surface area contributed by atoms with E-state index in [1.165, 1.54) is 24.2 Å². The van der Waals surface area contributed by atoms with Gasteiger partial charge in [-0.05, 0) is 32.6 Å². The summed E-state index contributed by atoms with van der Waals surface area (Å²) in [6.45, 7) is 3.36. The molecule has 0 aliphatic carbocycles. The molecule has 8 heteroatoms. The molecule has 6 nitrogen and oxygen atoms in total. The van der Waals surface area contributed by atoms with Crippen molar-refractivity contribution in [3.63, 3.8) is 0 Å². The highest BCUT2D eigenvalue weighted by Crippen LogP contribution is 2.27. The largest absolute Gasteiger partial charge is 0.344 e. The summed E-state index contributed by atoms with van der Waals surface area (Å²) in [4.78, 5) is 6.71. The fourth-order valence-corrected chi connectivity index (χ4v) is 3.63. The molecule has 108 valence electrons. The van der Waals surface area contributed by atoms with Gasteiger partial charge in [-0.2, -0.15) is 4.37 Å². The number of aromatic nitrogens is 2. The maximum Gasteiger partial charge on any atom is 0.208 e. The van der Waals surface area contributed by atoms with Crippen molar-refractivity contribution in [3.8, 4) is 0 Å². The van der Waals surface area contributed by atoms with Crippen LogP contribution < -0.4 is 9.62 Å². The van der Waals surface area contributed by atoms with E-state index < -0.39 is 10.0 Å². The lowest BCUT2D eigenvalue weighted by molar-refractivity contribution is 0.436. The van der Waals surface area contributed by atoms with Gasteiger partial charge >= 0.3 is 0 Å². The van der Waals surface area contributed by atoms with E-state index in [1.807, 2.05) is 6.92 Å². The molecule has 2 rings (SSSR count). The Labute approximate surface area is 118 Å². The topological polar surface area (TPSA) is 75.2 Å². The van der Waals surface area contributed by atoms with E-state index in [0.717, 1.165) is 36.8 Å². The van der Waals surface area contributed by atoms with E-state index in [4.69, 9.17) is 0 Å². The minimum atomic E-state index is -3.10. The predicted octanol–water partition coefficient (Wildman–Crippen LogP) is 1.14. The van der Waals surface area contributed by atoms with Crippen LogP contribution in [0, 0.1) is 6.92 Å². The smallest absolute Gasteiger partial charge is 0.208 e. The molecule has 1 fully saturated rings. The number of hydrogen-bond donors (Lipinski definition) is 1. The second-order valence-corrected chi connectivity index (χ2v) is 7.49. The molecule has 1 aliphatic heterocycles. The highest BCUT2D eigenvalue weighted by Gasteiger charge is 2.24. The van der Waals surface area contributed by atoms with Crippen LogP contribution in [-0.2, 0) is 10.0 Å². The monoisotopic (exact) mass is 304 g/mol. The van der Waals surface area contributed by atoms with Gasteiger partial charge in [0.1, 0.15) is 5.82 Å². The SMILES string of the molecule is Cc1nsc(N2CCCCC2CCNS(C)(=O)=O)n1. The molecule has 1 aromatic rings. The van der Waals surface area contributed by atoms with Crippen molar-refractivity contribution in [1.29, 1.82) is 0 Å². The van der Waals surface area contributed by atoms with Crippen molar-refractivity contribution in [3.05, 3.63) is 5.82 Å². The van der Waals surface area contributed by atoms with Crippen LogP contribution in [0.15, 0.2) is 0 Å². The first kappa shape index (κ1) is 14.7. The Morgan fingerprint density at radius 1 is 1.47 bits per heavy atom. The van der Waals surface area contributed by atoms with Crippen LogP contribution in [0.3, 0.4) is 0 Å². The second kappa shape index (κ2) is 6.15. The highest BCUT2D eigenvalue weighted by molar-refractivity contribution is 7.88. The van der Waals surface area contributed by atoms with Crippen molar-refractivity contribution >= 4 is 26.7 Å². The zero-order valence-corrected chi connectivity index (χ0v) is 12.9. The molecule has 19 heavy (non-hydrogen) atoms. The lowest BCUT2D eigenvalue weighted by Crippen LogP contribution is -2.41. The third kappa shape index (κ3) is 4.39. The van der Waals surface area contributed by atoms with Crippen molar-refractivity contribution in [2.24, 2.45) is 0 Å². The van der Waals surface area contributed by atoms with Crippen LogP contribution >= 0.6 is 11.5 Å². The zero-order valence-electron chi connectivity index (χ0n) is 11.3. The van der Waals surface area contributed by atoms with Gasteiger partial charge in [0.25, 0.3) is 0 Å². The molecule has 0 bridgehead atoms. The molecule has 1 aliphatic rings. The van der Waals surface area contributed by atoms with E-state index >= 15 is 0 Å².